The Bertz CT molecular complexity index is 1790. The lowest BCUT2D eigenvalue weighted by Gasteiger charge is -2.12. The van der Waals surface area contributed by atoms with Crippen molar-refractivity contribution in [1.29, 1.82) is 0 Å². The highest BCUT2D eigenvalue weighted by Crippen LogP contribution is 2.45. The number of carbonyl (C=O) groups excluding carboxylic acids is 1. The van der Waals surface area contributed by atoms with Crippen LogP contribution in [-0.2, 0) is 14.8 Å². The van der Waals surface area contributed by atoms with Crippen LogP contribution in [0.5, 0.6) is 0 Å². The number of nitrogens with one attached hydrogen (secondary N) is 2. The SMILES string of the molecule is CC(Sc1nnc2c(n1)-c1cccc3cccc-2c13)C(=O)Nc1ccc(S(=O)(=O)Nc2ncccn2)cc1. The van der Waals surface area contributed by atoms with E-state index in [0.717, 1.165) is 33.3 Å². The summed E-state index contributed by atoms with van der Waals surface area (Å²) in [6, 6.07) is 19.5. The normalized spacial score (nSPS) is 12.7. The number of amides is 1. The van der Waals surface area contributed by atoms with Crippen LogP contribution in [0.3, 0.4) is 0 Å². The quantitative estimate of drug-likeness (QED) is 0.282. The first kappa shape index (κ1) is 23.9. The van der Waals surface area contributed by atoms with Crippen molar-refractivity contribution in [2.24, 2.45) is 0 Å². The lowest BCUT2D eigenvalue weighted by atomic mass is 10.0. The monoisotopic (exact) mass is 541 g/mol. The smallest absolute Gasteiger partial charge is 0.264 e. The van der Waals surface area contributed by atoms with Crippen LogP contribution in [0.15, 0.2) is 89.2 Å². The first-order chi connectivity index (χ1) is 18.4. The fourth-order valence-corrected chi connectivity index (χ4v) is 5.84. The summed E-state index contributed by atoms with van der Waals surface area (Å²) in [4.78, 5) is 25.3. The Labute approximate surface area is 222 Å². The Hall–Kier alpha value is -4.42. The van der Waals surface area contributed by atoms with Crippen molar-refractivity contribution >= 4 is 50.1 Å². The highest BCUT2D eigenvalue weighted by atomic mass is 32.2. The third-order valence-corrected chi connectivity index (χ3v) is 8.25. The maximum atomic E-state index is 12.9. The van der Waals surface area contributed by atoms with E-state index >= 15 is 0 Å². The molecule has 0 bridgehead atoms. The summed E-state index contributed by atoms with van der Waals surface area (Å²) in [5.74, 6) is -0.310. The molecule has 1 atom stereocenters. The van der Waals surface area contributed by atoms with Crippen molar-refractivity contribution in [3.63, 3.8) is 0 Å². The van der Waals surface area contributed by atoms with Crippen LogP contribution in [0, 0.1) is 0 Å². The molecule has 0 saturated heterocycles. The molecule has 10 nitrogen and oxygen atoms in total. The van der Waals surface area contributed by atoms with E-state index in [-0.39, 0.29) is 16.8 Å². The molecule has 188 valence electrons. The minimum Gasteiger partial charge on any atom is -0.325 e. The van der Waals surface area contributed by atoms with E-state index in [1.807, 2.05) is 24.3 Å². The largest absolute Gasteiger partial charge is 0.325 e. The van der Waals surface area contributed by atoms with Crippen LogP contribution >= 0.6 is 11.8 Å². The Morgan fingerprint density at radius 1 is 0.868 bits per heavy atom. The molecule has 1 aliphatic carbocycles. The maximum absolute atomic E-state index is 12.9. The van der Waals surface area contributed by atoms with E-state index in [1.165, 1.54) is 48.4 Å². The van der Waals surface area contributed by atoms with Gasteiger partial charge in [-0.1, -0.05) is 48.2 Å². The molecule has 0 aliphatic heterocycles. The Kier molecular flexibility index (Phi) is 5.97. The van der Waals surface area contributed by atoms with E-state index in [2.05, 4.69) is 42.3 Å². The van der Waals surface area contributed by atoms with Crippen molar-refractivity contribution in [3.8, 4) is 22.5 Å². The topological polar surface area (TPSA) is 140 Å². The van der Waals surface area contributed by atoms with Gasteiger partial charge in [-0.05, 0) is 42.6 Å². The van der Waals surface area contributed by atoms with E-state index in [1.54, 1.807) is 13.0 Å². The number of hydrogen-bond donors (Lipinski definition) is 2. The minimum atomic E-state index is -3.87. The molecule has 2 N–H and O–H groups in total. The van der Waals surface area contributed by atoms with Gasteiger partial charge >= 0.3 is 0 Å². The number of nitrogens with zero attached hydrogens (tertiary/aromatic N) is 5. The number of fused-ring (bicyclic) bond motifs is 3. The molecule has 1 unspecified atom stereocenters. The molecule has 1 amide bonds. The van der Waals surface area contributed by atoms with Gasteiger partial charge in [0.2, 0.25) is 17.0 Å². The summed E-state index contributed by atoms with van der Waals surface area (Å²) < 4.78 is 27.4. The fraction of sp³-hybridized carbons (Fsp3) is 0.0769. The van der Waals surface area contributed by atoms with Gasteiger partial charge in [0.05, 0.1) is 10.1 Å². The Balaban J connectivity index is 1.14. The van der Waals surface area contributed by atoms with Crippen molar-refractivity contribution < 1.29 is 13.2 Å². The standard InChI is InChI=1S/C26H19N7O3S2/c1-15(24(34)29-17-9-11-18(12-10-17)38(35,36)33-25-27-13-4-14-28-25)37-26-30-22-19-7-2-5-16-6-3-8-20(21(16)19)23(22)31-32-26/h2-15H,1H3,(H,29,34)(H,27,28,33). The second-order valence-corrected chi connectivity index (χ2v) is 11.4. The van der Waals surface area contributed by atoms with E-state index in [4.69, 9.17) is 4.98 Å². The predicted molar refractivity (Wildman–Crippen MR) is 145 cm³/mol. The van der Waals surface area contributed by atoms with Crippen molar-refractivity contribution in [1.82, 2.24) is 25.1 Å². The zero-order chi connectivity index (χ0) is 26.3. The van der Waals surface area contributed by atoms with Gasteiger partial charge in [-0.25, -0.2) is 28.1 Å². The van der Waals surface area contributed by atoms with Crippen LogP contribution in [-0.4, -0.2) is 44.7 Å². The van der Waals surface area contributed by atoms with Crippen LogP contribution in [0.4, 0.5) is 11.6 Å². The highest BCUT2D eigenvalue weighted by Gasteiger charge is 2.26. The molecule has 0 saturated carbocycles. The maximum Gasteiger partial charge on any atom is 0.264 e. The zero-order valence-corrected chi connectivity index (χ0v) is 21.5. The predicted octanol–water partition coefficient (Wildman–Crippen LogP) is 4.38. The molecule has 6 rings (SSSR count). The molecule has 2 heterocycles. The minimum absolute atomic E-state index is 0.0130. The van der Waals surface area contributed by atoms with Crippen molar-refractivity contribution in [3.05, 3.63) is 79.1 Å². The zero-order valence-electron chi connectivity index (χ0n) is 19.9. The van der Waals surface area contributed by atoms with Gasteiger partial charge in [-0.3, -0.25) is 4.79 Å². The molecule has 5 aromatic rings. The number of rotatable bonds is 7. The number of hydrogen-bond acceptors (Lipinski definition) is 9. The van der Waals surface area contributed by atoms with Gasteiger partial charge < -0.3 is 5.32 Å². The van der Waals surface area contributed by atoms with E-state index in [9.17, 15) is 13.2 Å². The number of carbonyl (C=O) groups is 1. The van der Waals surface area contributed by atoms with Gasteiger partial charge in [-0.2, -0.15) is 0 Å². The second kappa shape index (κ2) is 9.47. The van der Waals surface area contributed by atoms with Crippen molar-refractivity contribution in [2.75, 3.05) is 10.0 Å². The highest BCUT2D eigenvalue weighted by molar-refractivity contribution is 8.00. The van der Waals surface area contributed by atoms with Gasteiger partial charge in [0.25, 0.3) is 10.0 Å². The first-order valence-electron chi connectivity index (χ1n) is 11.5. The third-order valence-electron chi connectivity index (χ3n) is 5.96. The summed E-state index contributed by atoms with van der Waals surface area (Å²) >= 11 is 1.20. The van der Waals surface area contributed by atoms with Gasteiger partial charge in [0.1, 0.15) is 11.4 Å². The second-order valence-electron chi connectivity index (χ2n) is 8.45. The average Bonchev–Trinajstić information content (AvgIpc) is 3.24. The third kappa shape index (κ3) is 4.44. The Morgan fingerprint density at radius 2 is 1.55 bits per heavy atom. The molecule has 0 spiro atoms. The Morgan fingerprint density at radius 3 is 2.26 bits per heavy atom. The fourth-order valence-electron chi connectivity index (χ4n) is 4.17. The van der Waals surface area contributed by atoms with Gasteiger partial charge in [0, 0.05) is 34.6 Å². The number of thioether (sulfide) groups is 1. The molecule has 3 aromatic carbocycles. The van der Waals surface area contributed by atoms with Crippen LogP contribution < -0.4 is 10.0 Å². The molecule has 0 radical (unpaired) electrons. The van der Waals surface area contributed by atoms with Crippen LogP contribution in [0.25, 0.3) is 33.3 Å². The molecule has 1 aliphatic rings. The number of sulfonamides is 1. The molecule has 38 heavy (non-hydrogen) atoms. The van der Waals surface area contributed by atoms with Crippen LogP contribution in [0.1, 0.15) is 6.92 Å². The summed E-state index contributed by atoms with van der Waals surface area (Å²) in [6.07, 6.45) is 2.87. The first-order valence-corrected chi connectivity index (χ1v) is 13.9. The summed E-state index contributed by atoms with van der Waals surface area (Å²) in [6.45, 7) is 1.74. The van der Waals surface area contributed by atoms with Crippen LogP contribution in [0.2, 0.25) is 0 Å². The molecular weight excluding hydrogens is 522 g/mol. The summed E-state index contributed by atoms with van der Waals surface area (Å²) in [5.41, 5.74) is 3.96. The molecule has 2 aromatic heterocycles. The lowest BCUT2D eigenvalue weighted by molar-refractivity contribution is -0.115. The van der Waals surface area contributed by atoms with Gasteiger partial charge in [-0.15, -0.1) is 10.2 Å². The number of anilines is 2. The molecule has 12 heteroatoms. The summed E-state index contributed by atoms with van der Waals surface area (Å²) in [7, 11) is -3.87. The summed E-state index contributed by atoms with van der Waals surface area (Å²) in [5, 5.41) is 13.6. The molecule has 0 fully saturated rings. The number of benzene rings is 3. The number of aromatic nitrogens is 5. The van der Waals surface area contributed by atoms with Crippen molar-refractivity contribution in [2.45, 2.75) is 22.2 Å². The molecular formula is C26H19N7O3S2. The lowest BCUT2D eigenvalue weighted by Crippen LogP contribution is -2.23. The van der Waals surface area contributed by atoms with E-state index in [0.29, 0.717) is 10.8 Å². The van der Waals surface area contributed by atoms with Gasteiger partial charge in [0.15, 0.2) is 0 Å². The average molecular weight is 542 g/mol. The van der Waals surface area contributed by atoms with E-state index < -0.39 is 15.3 Å².